The van der Waals surface area contributed by atoms with Gasteiger partial charge in [0.25, 0.3) is 0 Å². The topological polar surface area (TPSA) is 78.9 Å². The van der Waals surface area contributed by atoms with E-state index in [1.807, 2.05) is 36.7 Å². The molecule has 0 amide bonds. The minimum atomic E-state index is 0.249. The first-order chi connectivity index (χ1) is 12.7. The van der Waals surface area contributed by atoms with Crippen LogP contribution in [0.2, 0.25) is 0 Å². The molecule has 3 aromatic heterocycles. The second kappa shape index (κ2) is 5.01. The highest BCUT2D eigenvalue weighted by atomic mass is 16.5. The van der Waals surface area contributed by atoms with Crippen molar-refractivity contribution in [2.24, 2.45) is 11.8 Å². The third-order valence-corrected chi connectivity index (χ3v) is 6.00. The molecule has 3 fully saturated rings. The van der Waals surface area contributed by atoms with Crippen molar-refractivity contribution in [3.05, 3.63) is 41.7 Å². The zero-order valence-electron chi connectivity index (χ0n) is 14.7. The first kappa shape index (κ1) is 14.6. The summed E-state index contributed by atoms with van der Waals surface area (Å²) in [4.78, 5) is 9.13. The quantitative estimate of drug-likeness (QED) is 0.723. The zero-order valence-corrected chi connectivity index (χ0v) is 14.7. The predicted octanol–water partition coefficient (Wildman–Crippen LogP) is 2.82. The normalized spacial score (nSPS) is 31.4. The van der Waals surface area contributed by atoms with E-state index in [0.717, 1.165) is 29.4 Å². The van der Waals surface area contributed by atoms with E-state index in [0.29, 0.717) is 29.4 Å². The van der Waals surface area contributed by atoms with Crippen molar-refractivity contribution >= 4 is 0 Å². The molecule has 2 saturated heterocycles. The van der Waals surface area contributed by atoms with Crippen LogP contribution in [0.15, 0.2) is 28.9 Å². The molecule has 3 aliphatic rings. The number of nitrogens with zero attached hydrogens (tertiary/aromatic N) is 5. The zero-order chi connectivity index (χ0) is 17.4. The number of pyridine rings is 1. The van der Waals surface area contributed by atoms with Gasteiger partial charge in [0.2, 0.25) is 11.7 Å². The molecule has 2 aliphatic heterocycles. The molecule has 2 bridgehead atoms. The van der Waals surface area contributed by atoms with Gasteiger partial charge in [-0.15, -0.1) is 0 Å². The maximum atomic E-state index is 6.04. The Labute approximate surface area is 150 Å². The lowest BCUT2D eigenvalue weighted by Gasteiger charge is -2.13. The third kappa shape index (κ3) is 2.03. The molecule has 0 unspecified atom stereocenters. The van der Waals surface area contributed by atoms with Crippen molar-refractivity contribution in [3.63, 3.8) is 0 Å². The van der Waals surface area contributed by atoms with Crippen LogP contribution in [0.1, 0.15) is 36.0 Å². The van der Waals surface area contributed by atoms with Crippen molar-refractivity contribution in [3.8, 4) is 17.2 Å². The lowest BCUT2D eigenvalue weighted by atomic mass is 9.89. The minimum Gasteiger partial charge on any atom is -0.374 e. The summed E-state index contributed by atoms with van der Waals surface area (Å²) in [7, 11) is 0. The minimum absolute atomic E-state index is 0.249. The van der Waals surface area contributed by atoms with Crippen LogP contribution in [0.3, 0.4) is 0 Å². The molecule has 132 valence electrons. The molecule has 5 atom stereocenters. The Bertz CT molecular complexity index is 992. The maximum absolute atomic E-state index is 6.04. The van der Waals surface area contributed by atoms with Gasteiger partial charge in [-0.1, -0.05) is 5.16 Å². The summed E-state index contributed by atoms with van der Waals surface area (Å²) < 4.78 is 13.5. The Balaban J connectivity index is 1.26. The molecule has 26 heavy (non-hydrogen) atoms. The number of aryl methyl sites for hydroxylation is 2. The molecule has 7 heteroatoms. The fraction of sp³-hybridized carbons (Fsp3) is 0.474. The summed E-state index contributed by atoms with van der Waals surface area (Å²) in [5, 5.41) is 8.64. The first-order valence-corrected chi connectivity index (χ1v) is 9.16. The van der Waals surface area contributed by atoms with E-state index in [9.17, 15) is 0 Å². The average molecular weight is 349 g/mol. The van der Waals surface area contributed by atoms with Gasteiger partial charge in [0, 0.05) is 5.69 Å². The monoisotopic (exact) mass is 349 g/mol. The summed E-state index contributed by atoms with van der Waals surface area (Å²) in [6.07, 6.45) is 4.79. The molecule has 0 radical (unpaired) electrons. The molecular formula is C19H19N5O2. The van der Waals surface area contributed by atoms with E-state index in [-0.39, 0.29) is 12.0 Å². The van der Waals surface area contributed by atoms with Crippen LogP contribution < -0.4 is 0 Å². The van der Waals surface area contributed by atoms with Crippen molar-refractivity contribution in [2.45, 2.75) is 44.8 Å². The molecular weight excluding hydrogens is 330 g/mol. The van der Waals surface area contributed by atoms with Gasteiger partial charge in [0.15, 0.2) is 0 Å². The second-order valence-corrected chi connectivity index (χ2v) is 7.74. The molecule has 0 N–H and O–H groups in total. The van der Waals surface area contributed by atoms with E-state index < -0.39 is 0 Å². The fourth-order valence-corrected chi connectivity index (χ4v) is 4.72. The predicted molar refractivity (Wildman–Crippen MR) is 91.7 cm³/mol. The molecule has 1 saturated carbocycles. The van der Waals surface area contributed by atoms with Crippen LogP contribution >= 0.6 is 0 Å². The summed E-state index contributed by atoms with van der Waals surface area (Å²) in [6.45, 7) is 4.01. The van der Waals surface area contributed by atoms with Gasteiger partial charge in [-0.05, 0) is 56.7 Å². The highest BCUT2D eigenvalue weighted by molar-refractivity contribution is 5.50. The Morgan fingerprint density at radius 1 is 1.15 bits per heavy atom. The molecule has 7 nitrogen and oxygen atoms in total. The number of aromatic nitrogens is 5. The Morgan fingerprint density at radius 3 is 2.77 bits per heavy atom. The van der Waals surface area contributed by atoms with E-state index in [2.05, 4.69) is 20.2 Å². The van der Waals surface area contributed by atoms with Gasteiger partial charge in [-0.25, -0.2) is 4.68 Å². The number of ether oxygens (including phenoxy) is 1. The van der Waals surface area contributed by atoms with E-state index in [4.69, 9.17) is 9.26 Å². The van der Waals surface area contributed by atoms with Gasteiger partial charge < -0.3 is 9.26 Å². The average Bonchev–Trinajstić information content (AvgIpc) is 2.99. The summed E-state index contributed by atoms with van der Waals surface area (Å²) in [5.41, 5.74) is 3.69. The van der Waals surface area contributed by atoms with Crippen LogP contribution in [0.5, 0.6) is 0 Å². The lowest BCUT2D eigenvalue weighted by molar-refractivity contribution is 0.0659. The molecule has 0 aromatic carbocycles. The SMILES string of the molecule is Cc1cc(C)n(-c2ccc(-c3noc([C@@H]4C[C@@H]5O[C@H]4[C@H]4C[C@H]45)n3)nc2)n1. The molecule has 5 heterocycles. The van der Waals surface area contributed by atoms with Crippen LogP contribution in [-0.2, 0) is 4.74 Å². The number of rotatable bonds is 3. The first-order valence-electron chi connectivity index (χ1n) is 9.16. The van der Waals surface area contributed by atoms with Crippen LogP contribution in [0.4, 0.5) is 0 Å². The largest absolute Gasteiger partial charge is 0.374 e. The molecule has 0 spiro atoms. The highest BCUT2D eigenvalue weighted by Gasteiger charge is 2.64. The van der Waals surface area contributed by atoms with Gasteiger partial charge in [-0.2, -0.15) is 10.1 Å². The van der Waals surface area contributed by atoms with E-state index >= 15 is 0 Å². The smallest absolute Gasteiger partial charge is 0.232 e. The van der Waals surface area contributed by atoms with Crippen LogP contribution in [-0.4, -0.2) is 37.1 Å². The Morgan fingerprint density at radius 2 is 2.08 bits per heavy atom. The molecule has 6 rings (SSSR count). The van der Waals surface area contributed by atoms with Crippen molar-refractivity contribution in [1.82, 2.24) is 24.9 Å². The fourth-order valence-electron chi connectivity index (χ4n) is 4.72. The van der Waals surface area contributed by atoms with E-state index in [1.165, 1.54) is 6.42 Å². The maximum Gasteiger partial charge on any atom is 0.232 e. The Hall–Kier alpha value is -2.54. The number of hydrogen-bond donors (Lipinski definition) is 0. The molecule has 3 aromatic rings. The number of fused-ring (bicyclic) bond motifs is 5. The van der Waals surface area contributed by atoms with Crippen molar-refractivity contribution in [2.75, 3.05) is 0 Å². The van der Waals surface area contributed by atoms with Crippen molar-refractivity contribution < 1.29 is 9.26 Å². The van der Waals surface area contributed by atoms with Gasteiger partial charge >= 0.3 is 0 Å². The highest BCUT2D eigenvalue weighted by Crippen LogP contribution is 2.62. The summed E-state index contributed by atoms with van der Waals surface area (Å²) in [5.74, 6) is 2.99. The second-order valence-electron chi connectivity index (χ2n) is 7.74. The third-order valence-electron chi connectivity index (χ3n) is 6.00. The molecule has 1 aliphatic carbocycles. The van der Waals surface area contributed by atoms with Crippen LogP contribution in [0, 0.1) is 25.7 Å². The standard InChI is InChI=1S/C19H19N5O2/c1-9-5-10(2)24(22-9)11-3-4-15(20-8-11)18-21-19(26-23-18)14-7-16-12-6-13(12)17(14)25-16/h3-5,8,12-14,16-17H,6-7H2,1-2H3/t12-,13+,14-,16+,17+/m1/s1. The number of hydrogen-bond acceptors (Lipinski definition) is 6. The summed E-state index contributed by atoms with van der Waals surface area (Å²) in [6, 6.07) is 5.93. The van der Waals surface area contributed by atoms with Crippen LogP contribution in [0.25, 0.3) is 17.2 Å². The Kier molecular flexibility index (Phi) is 2.81. The van der Waals surface area contributed by atoms with Crippen molar-refractivity contribution in [1.29, 1.82) is 0 Å². The van der Waals surface area contributed by atoms with Gasteiger partial charge in [-0.3, -0.25) is 4.98 Å². The van der Waals surface area contributed by atoms with Gasteiger partial charge in [0.1, 0.15) is 5.69 Å². The van der Waals surface area contributed by atoms with Gasteiger partial charge in [0.05, 0.1) is 35.7 Å². The van der Waals surface area contributed by atoms with E-state index in [1.54, 1.807) is 6.20 Å². The summed E-state index contributed by atoms with van der Waals surface area (Å²) >= 11 is 0. The lowest BCUT2D eigenvalue weighted by Crippen LogP contribution is -2.17.